The molecule has 3 aliphatic rings. The Labute approximate surface area is 165 Å². The maximum atomic E-state index is 13.0. The van der Waals surface area contributed by atoms with Crippen LogP contribution < -0.4 is 10.6 Å². The third-order valence-corrected chi connectivity index (χ3v) is 6.44. The van der Waals surface area contributed by atoms with Gasteiger partial charge in [-0.05, 0) is 36.1 Å². The summed E-state index contributed by atoms with van der Waals surface area (Å²) in [7, 11) is 2.01. The van der Waals surface area contributed by atoms with Crippen molar-refractivity contribution in [3.8, 4) is 0 Å². The van der Waals surface area contributed by atoms with Gasteiger partial charge in [-0.1, -0.05) is 26.0 Å². The highest BCUT2D eigenvalue weighted by Gasteiger charge is 2.41. The molecule has 1 aromatic carbocycles. The normalized spacial score (nSPS) is 27.2. The number of hydrogen-bond donors (Lipinski definition) is 2. The van der Waals surface area contributed by atoms with Gasteiger partial charge < -0.3 is 10.2 Å². The summed E-state index contributed by atoms with van der Waals surface area (Å²) in [4.78, 5) is 40.7. The number of piperidine rings is 1. The predicted molar refractivity (Wildman–Crippen MR) is 104 cm³/mol. The largest absolute Gasteiger partial charge is 0.322 e. The Morgan fingerprint density at radius 1 is 1.25 bits per heavy atom. The van der Waals surface area contributed by atoms with Crippen LogP contribution in [0.1, 0.15) is 48.2 Å². The Morgan fingerprint density at radius 3 is 2.71 bits per heavy atom. The predicted octanol–water partition coefficient (Wildman–Crippen LogP) is 0.877. The molecule has 150 valence electrons. The molecule has 4 rings (SSSR count). The van der Waals surface area contributed by atoms with Crippen LogP contribution in [0.2, 0.25) is 0 Å². The monoisotopic (exact) mass is 384 g/mol. The smallest absolute Gasteiger partial charge is 0.255 e. The molecule has 3 aliphatic heterocycles. The highest BCUT2D eigenvalue weighted by molar-refractivity contribution is 6.05. The number of carbonyl (C=O) groups is 3. The first-order valence-electron chi connectivity index (χ1n) is 9.95. The average Bonchev–Trinajstić information content (AvgIpc) is 3.12. The molecular weight excluding hydrogens is 356 g/mol. The summed E-state index contributed by atoms with van der Waals surface area (Å²) in [6, 6.07) is 5.73. The molecule has 0 aliphatic carbocycles. The molecule has 0 radical (unpaired) electrons. The van der Waals surface area contributed by atoms with Crippen LogP contribution in [-0.2, 0) is 22.7 Å². The first kappa shape index (κ1) is 19.1. The molecule has 7 nitrogen and oxygen atoms in total. The zero-order valence-corrected chi connectivity index (χ0v) is 16.7. The molecule has 0 aromatic heterocycles. The summed E-state index contributed by atoms with van der Waals surface area (Å²) in [5.74, 6) is -0.736. The molecule has 1 aromatic rings. The van der Waals surface area contributed by atoms with Gasteiger partial charge in [0.05, 0.1) is 0 Å². The van der Waals surface area contributed by atoms with E-state index < -0.39 is 6.04 Å². The van der Waals surface area contributed by atoms with E-state index in [1.165, 1.54) is 0 Å². The second-order valence-electron chi connectivity index (χ2n) is 8.84. The van der Waals surface area contributed by atoms with Crippen molar-refractivity contribution >= 4 is 17.7 Å². The Bertz CT molecular complexity index is 835. The van der Waals surface area contributed by atoms with Crippen molar-refractivity contribution in [2.24, 2.45) is 5.41 Å². The molecule has 7 heteroatoms. The van der Waals surface area contributed by atoms with Crippen molar-refractivity contribution in [1.82, 2.24) is 20.4 Å². The number of benzene rings is 1. The van der Waals surface area contributed by atoms with Crippen LogP contribution in [0.25, 0.3) is 0 Å². The minimum Gasteiger partial charge on any atom is -0.322 e. The molecule has 2 saturated heterocycles. The molecule has 2 fully saturated rings. The zero-order chi connectivity index (χ0) is 20.1. The summed E-state index contributed by atoms with van der Waals surface area (Å²) >= 11 is 0. The van der Waals surface area contributed by atoms with E-state index in [1.807, 2.05) is 19.2 Å². The molecule has 28 heavy (non-hydrogen) atoms. The van der Waals surface area contributed by atoms with Gasteiger partial charge in [0, 0.05) is 44.2 Å². The fraction of sp³-hybridized carbons (Fsp3) is 0.571. The van der Waals surface area contributed by atoms with Crippen LogP contribution in [0.3, 0.4) is 0 Å². The number of nitrogens with one attached hydrogen (secondary N) is 2. The van der Waals surface area contributed by atoms with E-state index in [-0.39, 0.29) is 29.6 Å². The third-order valence-electron chi connectivity index (χ3n) is 6.44. The summed E-state index contributed by atoms with van der Waals surface area (Å²) in [6.07, 6.45) is 0.668. The van der Waals surface area contributed by atoms with Gasteiger partial charge in [-0.2, -0.15) is 0 Å². The van der Waals surface area contributed by atoms with Crippen molar-refractivity contribution in [3.63, 3.8) is 0 Å². The van der Waals surface area contributed by atoms with E-state index in [1.54, 1.807) is 4.90 Å². The average molecular weight is 384 g/mol. The molecule has 0 saturated carbocycles. The SMILES string of the molecule is CNC1CN(Cc2cccc3c2CN(C2CCC(=O)NC2=O)C3=O)CC1(C)C. The lowest BCUT2D eigenvalue weighted by molar-refractivity contribution is -0.136. The van der Waals surface area contributed by atoms with E-state index >= 15 is 0 Å². The van der Waals surface area contributed by atoms with Gasteiger partial charge in [-0.25, -0.2) is 0 Å². The van der Waals surface area contributed by atoms with Gasteiger partial charge in [-0.15, -0.1) is 0 Å². The van der Waals surface area contributed by atoms with E-state index in [2.05, 4.69) is 35.4 Å². The summed E-state index contributed by atoms with van der Waals surface area (Å²) in [5.41, 5.74) is 3.04. The van der Waals surface area contributed by atoms with Crippen molar-refractivity contribution < 1.29 is 14.4 Å². The van der Waals surface area contributed by atoms with Crippen LogP contribution >= 0.6 is 0 Å². The standard InChI is InChI=1S/C21H28N4O3/c1-21(2)12-24(11-17(21)22-3)9-13-5-4-6-14-15(13)10-25(20(14)28)16-7-8-18(26)23-19(16)27/h4-6,16-17,22H,7-12H2,1-3H3,(H,23,26,27). The lowest BCUT2D eigenvalue weighted by Crippen LogP contribution is -2.52. The Hall–Kier alpha value is -2.25. The number of hydrogen-bond acceptors (Lipinski definition) is 5. The third kappa shape index (κ3) is 3.22. The number of carbonyl (C=O) groups excluding carboxylic acids is 3. The van der Waals surface area contributed by atoms with Gasteiger partial charge in [0.2, 0.25) is 11.8 Å². The van der Waals surface area contributed by atoms with Crippen LogP contribution in [0.5, 0.6) is 0 Å². The maximum Gasteiger partial charge on any atom is 0.255 e. The van der Waals surface area contributed by atoms with Crippen molar-refractivity contribution in [1.29, 1.82) is 0 Å². The fourth-order valence-corrected chi connectivity index (χ4v) is 4.90. The second-order valence-corrected chi connectivity index (χ2v) is 8.84. The Kier molecular flexibility index (Phi) is 4.75. The minimum absolute atomic E-state index is 0.110. The quantitative estimate of drug-likeness (QED) is 0.753. The molecular formula is C21H28N4O3. The fourth-order valence-electron chi connectivity index (χ4n) is 4.90. The zero-order valence-electron chi connectivity index (χ0n) is 16.7. The van der Waals surface area contributed by atoms with Gasteiger partial charge in [-0.3, -0.25) is 24.6 Å². The van der Waals surface area contributed by atoms with Crippen molar-refractivity contribution in [2.45, 2.75) is 51.9 Å². The summed E-state index contributed by atoms with van der Waals surface area (Å²) < 4.78 is 0. The van der Waals surface area contributed by atoms with Gasteiger partial charge in [0.25, 0.3) is 5.91 Å². The molecule has 2 atom stereocenters. The number of fused-ring (bicyclic) bond motifs is 1. The summed E-state index contributed by atoms with van der Waals surface area (Å²) in [6.45, 7) is 7.74. The molecule has 2 N–H and O–H groups in total. The highest BCUT2D eigenvalue weighted by atomic mass is 16.2. The number of likely N-dealkylation sites (tertiary alicyclic amines) is 1. The van der Waals surface area contributed by atoms with E-state index in [0.29, 0.717) is 24.6 Å². The van der Waals surface area contributed by atoms with Crippen molar-refractivity contribution in [2.75, 3.05) is 20.1 Å². The molecule has 2 unspecified atom stereocenters. The maximum absolute atomic E-state index is 13.0. The minimum atomic E-state index is -0.565. The first-order valence-corrected chi connectivity index (χ1v) is 9.95. The highest BCUT2D eigenvalue weighted by Crippen LogP contribution is 2.33. The van der Waals surface area contributed by atoms with Crippen LogP contribution in [0.15, 0.2) is 18.2 Å². The van der Waals surface area contributed by atoms with Gasteiger partial charge in [0.15, 0.2) is 0 Å². The molecule has 0 spiro atoms. The van der Waals surface area contributed by atoms with Gasteiger partial charge in [0.1, 0.15) is 6.04 Å². The first-order chi connectivity index (χ1) is 13.3. The molecule has 3 heterocycles. The van der Waals surface area contributed by atoms with Crippen LogP contribution in [-0.4, -0.2) is 59.7 Å². The topological polar surface area (TPSA) is 81.8 Å². The number of amides is 3. The lowest BCUT2D eigenvalue weighted by atomic mass is 9.88. The number of imide groups is 1. The number of rotatable bonds is 4. The van der Waals surface area contributed by atoms with Crippen LogP contribution in [0.4, 0.5) is 0 Å². The molecule has 0 bridgehead atoms. The second kappa shape index (κ2) is 6.97. The molecule has 3 amide bonds. The lowest BCUT2D eigenvalue weighted by Gasteiger charge is -2.29. The van der Waals surface area contributed by atoms with E-state index in [9.17, 15) is 14.4 Å². The van der Waals surface area contributed by atoms with E-state index in [4.69, 9.17) is 0 Å². The van der Waals surface area contributed by atoms with Gasteiger partial charge >= 0.3 is 0 Å². The van der Waals surface area contributed by atoms with E-state index in [0.717, 1.165) is 30.8 Å². The van der Waals surface area contributed by atoms with Crippen LogP contribution in [0, 0.1) is 5.41 Å². The number of likely N-dealkylation sites (N-methyl/N-ethyl adjacent to an activating group) is 1. The Morgan fingerprint density at radius 2 is 2.04 bits per heavy atom. The Balaban J connectivity index is 1.54. The van der Waals surface area contributed by atoms with Crippen molar-refractivity contribution in [3.05, 3.63) is 34.9 Å². The number of nitrogens with zero attached hydrogens (tertiary/aromatic N) is 2. The summed E-state index contributed by atoms with van der Waals surface area (Å²) in [5, 5.41) is 5.77.